The van der Waals surface area contributed by atoms with Crippen molar-refractivity contribution in [2.45, 2.75) is 83.3 Å². The Morgan fingerprint density at radius 2 is 1.90 bits per heavy atom. The highest BCUT2D eigenvalue weighted by atomic mass is 16.6. The number of esters is 1. The fraction of sp³-hybridized carbons (Fsp3) is 0.625. The lowest BCUT2D eigenvalue weighted by molar-refractivity contribution is -0.185. The highest BCUT2D eigenvalue weighted by molar-refractivity contribution is 5.92. The molecule has 4 aliphatic rings. The van der Waals surface area contributed by atoms with Gasteiger partial charge in [-0.15, -0.1) is 0 Å². The molecule has 0 spiro atoms. The molecule has 39 heavy (non-hydrogen) atoms. The van der Waals surface area contributed by atoms with Gasteiger partial charge in [-0.2, -0.15) is 4.91 Å². The molecule has 0 aromatic heterocycles. The first-order valence-electron chi connectivity index (χ1n) is 14.5. The standard InChI is InChI=1S/C32H42N2O5/c1-6-38-19-29(36)32(39-20(2)35)16-15-28-26-13-9-22-17-23(33-37)10-14-25(22)30(26)27(18-31(28,32)3)21-7-11-24(12-8-21)34(4)5/h7-9,11-12,23,26-28H,6,10,13-19H2,1-5H3/t23?,26?,27?,28?,31-,32-/m0/s1. The van der Waals surface area contributed by atoms with Gasteiger partial charge in [-0.1, -0.05) is 35.9 Å². The van der Waals surface area contributed by atoms with Crippen molar-refractivity contribution < 1.29 is 19.1 Å². The number of nitrogens with zero attached hydrogens (tertiary/aromatic N) is 2. The van der Waals surface area contributed by atoms with Crippen molar-refractivity contribution in [3.05, 3.63) is 57.5 Å². The molecule has 3 saturated carbocycles. The molecule has 1 aromatic rings. The second-order valence-electron chi connectivity index (χ2n) is 12.3. The molecule has 210 valence electrons. The average molecular weight is 535 g/mol. The van der Waals surface area contributed by atoms with Gasteiger partial charge in [0.05, 0.1) is 6.04 Å². The zero-order chi connectivity index (χ0) is 27.9. The monoisotopic (exact) mass is 534 g/mol. The number of hydrogen-bond acceptors (Lipinski definition) is 7. The Kier molecular flexibility index (Phi) is 7.57. The molecule has 7 nitrogen and oxygen atoms in total. The van der Waals surface area contributed by atoms with Crippen LogP contribution < -0.4 is 4.90 Å². The van der Waals surface area contributed by atoms with Gasteiger partial charge in [0.1, 0.15) is 6.61 Å². The molecule has 0 heterocycles. The van der Waals surface area contributed by atoms with Gasteiger partial charge in [-0.3, -0.25) is 9.59 Å². The lowest BCUT2D eigenvalue weighted by Crippen LogP contribution is -2.58. The Morgan fingerprint density at radius 3 is 2.54 bits per heavy atom. The van der Waals surface area contributed by atoms with Crippen LogP contribution in [0.1, 0.15) is 77.2 Å². The number of anilines is 1. The van der Waals surface area contributed by atoms with Crippen molar-refractivity contribution in [2.24, 2.45) is 22.4 Å². The van der Waals surface area contributed by atoms with E-state index in [0.717, 1.165) is 37.8 Å². The number of carbonyl (C=O) groups excluding carboxylic acids is 2. The summed E-state index contributed by atoms with van der Waals surface area (Å²) in [5.74, 6) is 0.0381. The molecule has 0 radical (unpaired) electrons. The van der Waals surface area contributed by atoms with Gasteiger partial charge < -0.3 is 14.4 Å². The molecule has 0 saturated heterocycles. The van der Waals surface area contributed by atoms with Crippen molar-refractivity contribution in [1.29, 1.82) is 0 Å². The first-order chi connectivity index (χ1) is 18.6. The summed E-state index contributed by atoms with van der Waals surface area (Å²) in [6.07, 6.45) is 7.65. The third-order valence-electron chi connectivity index (χ3n) is 10.1. The van der Waals surface area contributed by atoms with E-state index < -0.39 is 17.0 Å². The average Bonchev–Trinajstić information content (AvgIpc) is 3.22. The Hall–Kier alpha value is -2.80. The molecular weight excluding hydrogens is 492 g/mol. The number of hydrogen-bond donors (Lipinski definition) is 0. The topological polar surface area (TPSA) is 85.3 Å². The summed E-state index contributed by atoms with van der Waals surface area (Å²) in [5, 5.41) is 3.38. The van der Waals surface area contributed by atoms with E-state index in [4.69, 9.17) is 9.47 Å². The van der Waals surface area contributed by atoms with E-state index in [9.17, 15) is 14.5 Å². The Balaban J connectivity index is 1.64. The zero-order valence-corrected chi connectivity index (χ0v) is 24.0. The molecule has 3 fully saturated rings. The Bertz CT molecular complexity index is 1200. The summed E-state index contributed by atoms with van der Waals surface area (Å²) in [5.41, 5.74) is 4.81. The van der Waals surface area contributed by atoms with E-state index in [1.165, 1.54) is 29.2 Å². The van der Waals surface area contributed by atoms with E-state index in [-0.39, 0.29) is 36.2 Å². The van der Waals surface area contributed by atoms with Gasteiger partial charge in [0.2, 0.25) is 5.78 Å². The largest absolute Gasteiger partial charge is 0.451 e. The normalized spacial score (nSPS) is 33.4. The molecule has 1 aromatic carbocycles. The van der Waals surface area contributed by atoms with Crippen LogP contribution >= 0.6 is 0 Å². The van der Waals surface area contributed by atoms with Crippen molar-refractivity contribution in [1.82, 2.24) is 0 Å². The molecule has 4 aliphatic carbocycles. The van der Waals surface area contributed by atoms with Gasteiger partial charge in [-0.25, -0.2) is 0 Å². The number of ether oxygens (including phenoxy) is 2. The number of Topliss-reactive ketones (excluding diaryl/α,β-unsaturated/α-hetero) is 1. The van der Waals surface area contributed by atoms with E-state index in [1.54, 1.807) is 0 Å². The van der Waals surface area contributed by atoms with Crippen LogP contribution in [-0.4, -0.2) is 50.7 Å². The maximum absolute atomic E-state index is 13.9. The van der Waals surface area contributed by atoms with Crippen molar-refractivity contribution in [3.8, 4) is 0 Å². The summed E-state index contributed by atoms with van der Waals surface area (Å²) in [6.45, 7) is 5.86. The minimum absolute atomic E-state index is 0.0446. The van der Waals surface area contributed by atoms with Crippen molar-refractivity contribution in [2.75, 3.05) is 32.2 Å². The fourth-order valence-corrected chi connectivity index (χ4v) is 8.35. The van der Waals surface area contributed by atoms with E-state index in [2.05, 4.69) is 47.3 Å². The van der Waals surface area contributed by atoms with Crippen LogP contribution in [0.25, 0.3) is 0 Å². The van der Waals surface area contributed by atoms with Crippen LogP contribution in [0.4, 0.5) is 5.69 Å². The number of benzene rings is 1. The Morgan fingerprint density at radius 1 is 1.15 bits per heavy atom. The van der Waals surface area contributed by atoms with Crippen LogP contribution in [0.3, 0.4) is 0 Å². The second kappa shape index (κ2) is 10.6. The highest BCUT2D eigenvalue weighted by Crippen LogP contribution is 2.67. The number of rotatable bonds is 8. The third kappa shape index (κ3) is 4.56. The smallest absolute Gasteiger partial charge is 0.303 e. The number of carbonyl (C=O) groups is 2. The minimum atomic E-state index is -1.19. The molecular formula is C32H42N2O5. The summed E-state index contributed by atoms with van der Waals surface area (Å²) >= 11 is 0. The lowest BCUT2D eigenvalue weighted by atomic mass is 9.51. The number of ketones is 1. The Labute approximate surface area is 232 Å². The molecule has 0 N–H and O–H groups in total. The molecule has 0 aliphatic heterocycles. The number of nitroso groups, excluding NO2 is 1. The third-order valence-corrected chi connectivity index (χ3v) is 10.1. The summed E-state index contributed by atoms with van der Waals surface area (Å²) in [4.78, 5) is 39.9. The van der Waals surface area contributed by atoms with Gasteiger partial charge in [0.25, 0.3) is 0 Å². The SMILES string of the molecule is CCOCC(=O)[C@@]1(OC(C)=O)CCC2C3CC=C4CC(N=O)CCC4=C3C(c3ccc(N(C)C)cc3)C[C@@]21C. The van der Waals surface area contributed by atoms with Crippen molar-refractivity contribution >= 4 is 17.4 Å². The second-order valence-corrected chi connectivity index (χ2v) is 12.3. The van der Waals surface area contributed by atoms with Gasteiger partial charge in [-0.05, 0) is 92.5 Å². The van der Waals surface area contributed by atoms with Crippen LogP contribution in [-0.2, 0) is 19.1 Å². The number of allylic oxidation sites excluding steroid dienone is 3. The van der Waals surface area contributed by atoms with E-state index in [1.807, 2.05) is 21.0 Å². The van der Waals surface area contributed by atoms with Gasteiger partial charge in [0.15, 0.2) is 5.60 Å². The summed E-state index contributed by atoms with van der Waals surface area (Å²) in [7, 11) is 4.07. The molecule has 0 amide bonds. The lowest BCUT2D eigenvalue weighted by Gasteiger charge is -2.54. The van der Waals surface area contributed by atoms with E-state index in [0.29, 0.717) is 19.4 Å². The summed E-state index contributed by atoms with van der Waals surface area (Å²) < 4.78 is 11.7. The minimum Gasteiger partial charge on any atom is -0.451 e. The quantitative estimate of drug-likeness (QED) is 0.295. The predicted octanol–water partition coefficient (Wildman–Crippen LogP) is 6.13. The molecule has 5 rings (SSSR count). The van der Waals surface area contributed by atoms with Gasteiger partial charge in [0, 0.05) is 44.6 Å². The maximum atomic E-state index is 13.9. The first-order valence-corrected chi connectivity index (χ1v) is 14.5. The number of fused-ring (bicyclic) bond motifs is 4. The van der Waals surface area contributed by atoms with E-state index >= 15 is 0 Å². The first kappa shape index (κ1) is 27.8. The molecule has 6 atom stereocenters. The predicted molar refractivity (Wildman–Crippen MR) is 152 cm³/mol. The fourth-order valence-electron chi connectivity index (χ4n) is 8.35. The van der Waals surface area contributed by atoms with Crippen molar-refractivity contribution in [3.63, 3.8) is 0 Å². The van der Waals surface area contributed by atoms with Crippen LogP contribution in [0.5, 0.6) is 0 Å². The zero-order valence-electron chi connectivity index (χ0n) is 24.0. The van der Waals surface area contributed by atoms with Crippen LogP contribution in [0.15, 0.2) is 52.2 Å². The maximum Gasteiger partial charge on any atom is 0.303 e. The van der Waals surface area contributed by atoms with Crippen LogP contribution in [0, 0.1) is 22.2 Å². The highest BCUT2D eigenvalue weighted by Gasteiger charge is 2.68. The molecule has 7 heteroatoms. The van der Waals surface area contributed by atoms with Gasteiger partial charge >= 0.3 is 5.97 Å². The van der Waals surface area contributed by atoms with Crippen LogP contribution in [0.2, 0.25) is 0 Å². The molecule has 4 unspecified atom stereocenters. The summed E-state index contributed by atoms with van der Waals surface area (Å²) in [6, 6.07) is 8.60. The molecule has 0 bridgehead atoms.